The third kappa shape index (κ3) is 2.61. The highest BCUT2D eigenvalue weighted by Crippen LogP contribution is 2.26. The molecule has 0 saturated heterocycles. The van der Waals surface area contributed by atoms with E-state index in [-0.39, 0.29) is 5.84 Å². The lowest BCUT2D eigenvalue weighted by Crippen LogP contribution is -2.96. The maximum atomic E-state index is 13.2. The molecule has 1 aliphatic rings. The standard InChI is InChI=1S/C13H12F3N3O2/c1-7-3-5-9(6-4-7)10-17-11(21)12(19-10,13(14,15)16)18-8(2)20/h3-6H,1-2H3,(H,18,20)(H,17,19,21)/p+1/t12-/m1/s1. The first-order valence-corrected chi connectivity index (χ1v) is 6.05. The molecule has 0 fully saturated rings. The average Bonchev–Trinajstić information content (AvgIpc) is 2.67. The highest BCUT2D eigenvalue weighted by atomic mass is 19.4. The van der Waals surface area contributed by atoms with Crippen LogP contribution in [-0.4, -0.2) is 29.5 Å². The fourth-order valence-corrected chi connectivity index (χ4v) is 1.97. The quantitative estimate of drug-likeness (QED) is 0.679. The number of benzene rings is 1. The van der Waals surface area contributed by atoms with Gasteiger partial charge in [0, 0.05) is 6.92 Å². The second-order valence-corrected chi connectivity index (χ2v) is 4.75. The number of hydrogen-bond donors (Lipinski definition) is 3. The van der Waals surface area contributed by atoms with Gasteiger partial charge in [-0.2, -0.15) is 13.2 Å². The van der Waals surface area contributed by atoms with Gasteiger partial charge in [0.1, 0.15) is 0 Å². The van der Waals surface area contributed by atoms with Crippen molar-refractivity contribution in [2.24, 2.45) is 0 Å². The van der Waals surface area contributed by atoms with Gasteiger partial charge in [-0.3, -0.25) is 10.1 Å². The molecule has 1 heterocycles. The van der Waals surface area contributed by atoms with Crippen molar-refractivity contribution in [3.63, 3.8) is 0 Å². The number of carbonyl (C=O) groups excluding carboxylic acids is 2. The third-order valence-corrected chi connectivity index (χ3v) is 3.02. The molecule has 5 nitrogen and oxygen atoms in total. The Hall–Kier alpha value is -2.38. The second-order valence-electron chi connectivity index (χ2n) is 4.75. The highest BCUT2D eigenvalue weighted by Gasteiger charge is 2.69. The van der Waals surface area contributed by atoms with Crippen LogP contribution in [-0.2, 0) is 9.59 Å². The van der Waals surface area contributed by atoms with E-state index in [1.54, 1.807) is 29.6 Å². The van der Waals surface area contributed by atoms with Crippen LogP contribution in [0.15, 0.2) is 24.3 Å². The van der Waals surface area contributed by atoms with Gasteiger partial charge in [-0.15, -0.1) is 0 Å². The van der Waals surface area contributed by atoms with Gasteiger partial charge < -0.3 is 0 Å². The van der Waals surface area contributed by atoms with E-state index in [0.717, 1.165) is 12.5 Å². The first kappa shape index (κ1) is 15.0. The van der Waals surface area contributed by atoms with E-state index in [1.807, 2.05) is 6.92 Å². The summed E-state index contributed by atoms with van der Waals surface area (Å²) in [6, 6.07) is 6.53. The van der Waals surface area contributed by atoms with E-state index in [9.17, 15) is 22.8 Å². The van der Waals surface area contributed by atoms with Crippen molar-refractivity contribution in [3.8, 4) is 0 Å². The van der Waals surface area contributed by atoms with Crippen LogP contribution >= 0.6 is 0 Å². The summed E-state index contributed by atoms with van der Waals surface area (Å²) < 4.78 is 39.7. The Labute approximate surface area is 118 Å². The fourth-order valence-electron chi connectivity index (χ4n) is 1.97. The molecule has 8 heteroatoms. The number of halogens is 3. The molecular weight excluding hydrogens is 287 g/mol. The molecule has 0 bridgehead atoms. The Bertz CT molecular complexity index is 623. The molecule has 3 N–H and O–H groups in total. The monoisotopic (exact) mass is 300 g/mol. The summed E-state index contributed by atoms with van der Waals surface area (Å²) >= 11 is 0. The van der Waals surface area contributed by atoms with Crippen molar-refractivity contribution in [2.45, 2.75) is 25.7 Å². The van der Waals surface area contributed by atoms with Gasteiger partial charge in [0.25, 0.3) is 5.84 Å². The Morgan fingerprint density at radius 1 is 1.29 bits per heavy atom. The van der Waals surface area contributed by atoms with E-state index in [4.69, 9.17) is 0 Å². The van der Waals surface area contributed by atoms with E-state index in [1.165, 1.54) is 0 Å². The molecule has 1 atom stereocenters. The Morgan fingerprint density at radius 2 is 1.86 bits per heavy atom. The number of amides is 2. The number of aryl methyl sites for hydroxylation is 1. The van der Waals surface area contributed by atoms with Crippen LogP contribution in [0.1, 0.15) is 18.1 Å². The van der Waals surface area contributed by atoms with Crippen molar-refractivity contribution in [1.82, 2.24) is 10.6 Å². The van der Waals surface area contributed by atoms with Crippen LogP contribution in [0.2, 0.25) is 0 Å². The van der Waals surface area contributed by atoms with Crippen LogP contribution in [0.5, 0.6) is 0 Å². The second kappa shape index (κ2) is 4.87. The SMILES string of the molecule is CC(=O)N[C@@]1(C(F)(F)F)[NH+]=C(c2ccc(C)cc2)NC1=O. The molecule has 1 aromatic carbocycles. The maximum absolute atomic E-state index is 13.2. The number of carbonyl (C=O) groups is 2. The molecule has 2 rings (SSSR count). The minimum atomic E-state index is -4.99. The van der Waals surface area contributed by atoms with Gasteiger partial charge in [0.15, 0.2) is 0 Å². The largest absolute Gasteiger partial charge is 0.465 e. The smallest absolute Gasteiger partial charge is 0.298 e. The van der Waals surface area contributed by atoms with Gasteiger partial charge in [-0.05, 0) is 19.1 Å². The topological polar surface area (TPSA) is 72.2 Å². The van der Waals surface area contributed by atoms with Gasteiger partial charge in [-0.25, -0.2) is 15.1 Å². The molecule has 0 unspecified atom stereocenters. The van der Waals surface area contributed by atoms with E-state index in [2.05, 4.69) is 10.3 Å². The zero-order valence-corrected chi connectivity index (χ0v) is 11.3. The Kier molecular flexibility index (Phi) is 3.48. The van der Waals surface area contributed by atoms with Crippen LogP contribution in [0.25, 0.3) is 0 Å². The first-order valence-electron chi connectivity index (χ1n) is 6.05. The van der Waals surface area contributed by atoms with Crippen LogP contribution in [0.4, 0.5) is 13.2 Å². The van der Waals surface area contributed by atoms with Crippen LogP contribution < -0.4 is 15.6 Å². The van der Waals surface area contributed by atoms with Gasteiger partial charge >= 0.3 is 17.7 Å². The van der Waals surface area contributed by atoms with Crippen molar-refractivity contribution in [1.29, 1.82) is 0 Å². The van der Waals surface area contributed by atoms with Crippen molar-refractivity contribution >= 4 is 17.6 Å². The molecular formula is C13H13F3N3O2+. The molecule has 1 aromatic rings. The van der Waals surface area contributed by atoms with E-state index < -0.39 is 23.7 Å². The number of alkyl halides is 3. The Balaban J connectivity index is 2.49. The molecule has 112 valence electrons. The number of rotatable bonds is 2. The number of hydrogen-bond acceptors (Lipinski definition) is 2. The summed E-state index contributed by atoms with van der Waals surface area (Å²) in [6.45, 7) is 2.73. The zero-order chi connectivity index (χ0) is 15.8. The van der Waals surface area contributed by atoms with Gasteiger partial charge in [-0.1, -0.05) is 17.7 Å². The summed E-state index contributed by atoms with van der Waals surface area (Å²) in [5.41, 5.74) is -1.85. The van der Waals surface area contributed by atoms with Gasteiger partial charge in [0.2, 0.25) is 5.91 Å². The molecule has 0 radical (unpaired) electrons. The third-order valence-electron chi connectivity index (χ3n) is 3.02. The summed E-state index contributed by atoms with van der Waals surface area (Å²) in [4.78, 5) is 24.9. The summed E-state index contributed by atoms with van der Waals surface area (Å²) in [5, 5.41) is 3.77. The van der Waals surface area contributed by atoms with Crippen molar-refractivity contribution in [3.05, 3.63) is 35.4 Å². The number of amidine groups is 1. The van der Waals surface area contributed by atoms with Crippen molar-refractivity contribution in [2.75, 3.05) is 0 Å². The lowest BCUT2D eigenvalue weighted by Gasteiger charge is -2.22. The molecule has 0 spiro atoms. The molecule has 2 amide bonds. The lowest BCUT2D eigenvalue weighted by atomic mass is 10.1. The normalized spacial score (nSPS) is 21.8. The first-order chi connectivity index (χ1) is 9.65. The van der Waals surface area contributed by atoms with Crippen LogP contribution in [0, 0.1) is 6.92 Å². The van der Waals surface area contributed by atoms with E-state index >= 15 is 0 Å². The highest BCUT2D eigenvalue weighted by molar-refractivity contribution is 6.11. The van der Waals surface area contributed by atoms with Gasteiger partial charge in [0.05, 0.1) is 5.56 Å². The lowest BCUT2D eigenvalue weighted by molar-refractivity contribution is -0.581. The average molecular weight is 300 g/mol. The fraction of sp³-hybridized carbons (Fsp3) is 0.308. The molecule has 1 aliphatic heterocycles. The summed E-state index contributed by atoms with van der Waals surface area (Å²) in [6.07, 6.45) is -4.99. The summed E-state index contributed by atoms with van der Waals surface area (Å²) in [7, 11) is 0. The van der Waals surface area contributed by atoms with Crippen molar-refractivity contribution < 1.29 is 27.8 Å². The predicted molar refractivity (Wildman–Crippen MR) is 67.0 cm³/mol. The molecule has 0 aliphatic carbocycles. The minimum Gasteiger partial charge on any atom is -0.298 e. The zero-order valence-electron chi connectivity index (χ0n) is 11.3. The molecule has 21 heavy (non-hydrogen) atoms. The van der Waals surface area contributed by atoms with E-state index in [0.29, 0.717) is 5.56 Å². The molecule has 0 saturated carbocycles. The van der Waals surface area contributed by atoms with Crippen LogP contribution in [0.3, 0.4) is 0 Å². The number of nitrogens with one attached hydrogen (secondary N) is 3. The predicted octanol–water partition coefficient (Wildman–Crippen LogP) is -0.653. The Morgan fingerprint density at radius 3 is 2.33 bits per heavy atom. The summed E-state index contributed by atoms with van der Waals surface area (Å²) in [5.74, 6) is -2.45. The maximum Gasteiger partial charge on any atom is 0.465 e. The minimum absolute atomic E-state index is 0.105. The molecule has 0 aromatic heterocycles.